The van der Waals surface area contributed by atoms with Gasteiger partial charge >= 0.3 is 0 Å². The van der Waals surface area contributed by atoms with Gasteiger partial charge in [0, 0.05) is 28.9 Å². The fourth-order valence-electron chi connectivity index (χ4n) is 3.96. The monoisotopic (exact) mass is 519 g/mol. The zero-order valence-electron chi connectivity index (χ0n) is 18.8. The van der Waals surface area contributed by atoms with Gasteiger partial charge in [0.1, 0.15) is 5.15 Å². The molecule has 180 valence electrons. The molecule has 11 heteroatoms. The number of halogens is 1. The second kappa shape index (κ2) is 8.74. The number of nitrogens with zero attached hydrogens (tertiary/aromatic N) is 3. The molecule has 0 atom stereocenters. The summed E-state index contributed by atoms with van der Waals surface area (Å²) in [6, 6.07) is 18.2. The van der Waals surface area contributed by atoms with Gasteiger partial charge in [-0.15, -0.1) is 0 Å². The molecular formula is C25H18ClN5O4S. The number of primary amides is 1. The minimum absolute atomic E-state index is 0.0654. The Labute approximate surface area is 210 Å². The van der Waals surface area contributed by atoms with Crippen molar-refractivity contribution in [3.63, 3.8) is 0 Å². The highest BCUT2D eigenvalue weighted by molar-refractivity contribution is 7.90. The number of sulfone groups is 1. The topological polar surface area (TPSA) is 137 Å². The van der Waals surface area contributed by atoms with Crippen molar-refractivity contribution < 1.29 is 18.0 Å². The fourth-order valence-corrected chi connectivity index (χ4v) is 4.80. The lowest BCUT2D eigenvalue weighted by Crippen LogP contribution is -2.12. The number of rotatable bonds is 5. The normalized spacial score (nSPS) is 11.6. The molecule has 0 spiro atoms. The number of hydrogen-bond acceptors (Lipinski definition) is 6. The number of hydrogen-bond donors (Lipinski definition) is 2. The summed E-state index contributed by atoms with van der Waals surface area (Å²) < 4.78 is 25.3. The lowest BCUT2D eigenvalue weighted by atomic mass is 10.0. The van der Waals surface area contributed by atoms with Crippen LogP contribution in [0, 0.1) is 0 Å². The molecular weight excluding hydrogens is 502 g/mol. The van der Waals surface area contributed by atoms with Crippen molar-refractivity contribution in [2.24, 2.45) is 5.73 Å². The zero-order chi connectivity index (χ0) is 25.6. The van der Waals surface area contributed by atoms with Crippen molar-refractivity contribution in [1.29, 1.82) is 0 Å². The van der Waals surface area contributed by atoms with Gasteiger partial charge in [-0.05, 0) is 60.0 Å². The molecule has 2 aromatic heterocycles. The lowest BCUT2D eigenvalue weighted by Gasteiger charge is -2.10. The molecule has 9 nitrogen and oxygen atoms in total. The average molecular weight is 520 g/mol. The van der Waals surface area contributed by atoms with Crippen LogP contribution in [0.3, 0.4) is 0 Å². The second-order valence-corrected chi connectivity index (χ2v) is 10.5. The number of pyridine rings is 1. The van der Waals surface area contributed by atoms with Crippen LogP contribution in [-0.2, 0) is 9.84 Å². The van der Waals surface area contributed by atoms with Gasteiger partial charge in [-0.25, -0.2) is 18.1 Å². The molecule has 0 saturated carbocycles. The van der Waals surface area contributed by atoms with E-state index in [-0.39, 0.29) is 21.3 Å². The van der Waals surface area contributed by atoms with E-state index in [2.05, 4.69) is 15.4 Å². The molecule has 0 radical (unpaired) electrons. The van der Waals surface area contributed by atoms with Crippen molar-refractivity contribution in [3.8, 4) is 5.69 Å². The summed E-state index contributed by atoms with van der Waals surface area (Å²) in [6.45, 7) is 0. The summed E-state index contributed by atoms with van der Waals surface area (Å²) in [4.78, 5) is 29.0. The van der Waals surface area contributed by atoms with Gasteiger partial charge in [-0.3, -0.25) is 9.59 Å². The number of anilines is 1. The summed E-state index contributed by atoms with van der Waals surface area (Å²) >= 11 is 6.05. The predicted molar refractivity (Wildman–Crippen MR) is 137 cm³/mol. The Kier molecular flexibility index (Phi) is 5.70. The first-order valence-electron chi connectivity index (χ1n) is 10.6. The SMILES string of the molecule is CS(=O)(=O)c1ccc(-n2nc(C(N)=O)c3ccc4ccc(NC(=O)c5cccnc5Cl)cc4c32)cc1. The van der Waals surface area contributed by atoms with Gasteiger partial charge in [-0.1, -0.05) is 23.7 Å². The first kappa shape index (κ1) is 23.5. The van der Waals surface area contributed by atoms with Gasteiger partial charge in [0.25, 0.3) is 11.8 Å². The van der Waals surface area contributed by atoms with E-state index in [4.69, 9.17) is 17.3 Å². The number of benzene rings is 3. The molecule has 0 fully saturated rings. The van der Waals surface area contributed by atoms with E-state index >= 15 is 0 Å². The molecule has 0 unspecified atom stereocenters. The molecule has 0 aliphatic rings. The van der Waals surface area contributed by atoms with E-state index in [0.717, 1.165) is 11.6 Å². The third-order valence-electron chi connectivity index (χ3n) is 5.66. The van der Waals surface area contributed by atoms with Crippen LogP contribution in [0.2, 0.25) is 5.15 Å². The van der Waals surface area contributed by atoms with Crippen LogP contribution >= 0.6 is 11.6 Å². The molecule has 5 rings (SSSR count). The Balaban J connectivity index is 1.68. The minimum atomic E-state index is -3.39. The van der Waals surface area contributed by atoms with Gasteiger partial charge in [0.05, 0.1) is 21.7 Å². The van der Waals surface area contributed by atoms with Gasteiger partial charge in [0.15, 0.2) is 15.5 Å². The molecule has 0 saturated heterocycles. The number of aromatic nitrogens is 3. The van der Waals surface area contributed by atoms with E-state index in [0.29, 0.717) is 27.7 Å². The quantitative estimate of drug-likeness (QED) is 0.337. The van der Waals surface area contributed by atoms with E-state index < -0.39 is 21.7 Å². The van der Waals surface area contributed by atoms with Crippen molar-refractivity contribution in [2.45, 2.75) is 4.90 Å². The van der Waals surface area contributed by atoms with Crippen molar-refractivity contribution in [2.75, 3.05) is 11.6 Å². The molecule has 36 heavy (non-hydrogen) atoms. The number of carbonyl (C=O) groups excluding carboxylic acids is 2. The molecule has 0 bridgehead atoms. The Morgan fingerprint density at radius 3 is 2.39 bits per heavy atom. The lowest BCUT2D eigenvalue weighted by molar-refractivity contribution is 0.0994. The third kappa shape index (κ3) is 4.16. The zero-order valence-corrected chi connectivity index (χ0v) is 20.3. The Morgan fingerprint density at radius 1 is 1.00 bits per heavy atom. The maximum atomic E-state index is 12.8. The van der Waals surface area contributed by atoms with Crippen LogP contribution in [0.5, 0.6) is 0 Å². The van der Waals surface area contributed by atoms with Crippen LogP contribution in [0.15, 0.2) is 77.8 Å². The number of nitrogens with two attached hydrogens (primary N) is 1. The number of fused-ring (bicyclic) bond motifs is 3. The van der Waals surface area contributed by atoms with Crippen LogP contribution < -0.4 is 11.1 Å². The highest BCUT2D eigenvalue weighted by Crippen LogP contribution is 2.32. The van der Waals surface area contributed by atoms with Gasteiger partial charge < -0.3 is 11.1 Å². The second-order valence-electron chi connectivity index (χ2n) is 8.08. The van der Waals surface area contributed by atoms with Crippen LogP contribution in [0.1, 0.15) is 20.8 Å². The fraction of sp³-hybridized carbons (Fsp3) is 0.0400. The largest absolute Gasteiger partial charge is 0.364 e. The van der Waals surface area contributed by atoms with Crippen molar-refractivity contribution in [1.82, 2.24) is 14.8 Å². The standard InChI is InChI=1S/C25H18ClN5O4S/c1-36(34,35)17-9-7-16(8-10-17)31-22-18(21(30-31)24(27)32)11-5-14-4-6-15(13-20(14)22)29-25(33)19-3-2-12-28-23(19)26/h2-13H,1H3,(H2,27,32)(H,29,33). The van der Waals surface area contributed by atoms with E-state index in [1.54, 1.807) is 42.5 Å². The molecule has 3 N–H and O–H groups in total. The maximum Gasteiger partial charge on any atom is 0.269 e. The Morgan fingerprint density at radius 2 is 1.72 bits per heavy atom. The smallest absolute Gasteiger partial charge is 0.269 e. The Hall–Kier alpha value is -4.28. The molecule has 0 aliphatic carbocycles. The van der Waals surface area contributed by atoms with E-state index in [1.165, 1.54) is 23.0 Å². The third-order valence-corrected chi connectivity index (χ3v) is 7.09. The number of amides is 2. The molecule has 3 aromatic carbocycles. The molecule has 0 aliphatic heterocycles. The van der Waals surface area contributed by atoms with Crippen molar-refractivity contribution in [3.05, 3.63) is 89.3 Å². The number of carbonyl (C=O) groups is 2. The highest BCUT2D eigenvalue weighted by atomic mass is 35.5. The molecule has 2 heterocycles. The summed E-state index contributed by atoms with van der Waals surface area (Å²) in [5, 5.41) is 9.36. The summed E-state index contributed by atoms with van der Waals surface area (Å²) in [7, 11) is -3.39. The van der Waals surface area contributed by atoms with Gasteiger partial charge in [0.2, 0.25) is 0 Å². The van der Waals surface area contributed by atoms with E-state index in [1.807, 2.05) is 12.1 Å². The maximum absolute atomic E-state index is 12.8. The van der Waals surface area contributed by atoms with Gasteiger partial charge in [-0.2, -0.15) is 5.10 Å². The molecule has 5 aromatic rings. The summed E-state index contributed by atoms with van der Waals surface area (Å²) in [5.41, 5.74) is 7.48. The van der Waals surface area contributed by atoms with Crippen LogP contribution in [-0.4, -0.2) is 41.3 Å². The van der Waals surface area contributed by atoms with Crippen molar-refractivity contribution >= 4 is 60.6 Å². The van der Waals surface area contributed by atoms with Crippen LogP contribution in [0.25, 0.3) is 27.4 Å². The predicted octanol–water partition coefficient (Wildman–Crippen LogP) is 3.98. The minimum Gasteiger partial charge on any atom is -0.364 e. The first-order valence-corrected chi connectivity index (χ1v) is 12.9. The van der Waals surface area contributed by atoms with Crippen LogP contribution in [0.4, 0.5) is 5.69 Å². The highest BCUT2D eigenvalue weighted by Gasteiger charge is 2.19. The average Bonchev–Trinajstić information content (AvgIpc) is 3.24. The summed E-state index contributed by atoms with van der Waals surface area (Å²) in [5.74, 6) is -1.14. The summed E-state index contributed by atoms with van der Waals surface area (Å²) in [6.07, 6.45) is 2.62. The van der Waals surface area contributed by atoms with E-state index in [9.17, 15) is 18.0 Å². The Bertz CT molecular complexity index is 1800. The number of nitrogens with one attached hydrogen (secondary N) is 1. The molecule has 2 amide bonds. The first-order chi connectivity index (χ1) is 17.1.